The quantitative estimate of drug-likeness (QED) is 0.470. The highest BCUT2D eigenvalue weighted by molar-refractivity contribution is 7.93. The van der Waals surface area contributed by atoms with Crippen LogP contribution in [0, 0.1) is 0 Å². The van der Waals surface area contributed by atoms with Crippen LogP contribution in [0.3, 0.4) is 0 Å². The number of carbonyl (C=O) groups is 1. The molecule has 31 heavy (non-hydrogen) atoms. The van der Waals surface area contributed by atoms with Gasteiger partial charge in [0.2, 0.25) is 5.76 Å². The lowest BCUT2D eigenvalue weighted by atomic mass is 10.1. The van der Waals surface area contributed by atoms with Crippen LogP contribution in [0.25, 0.3) is 11.3 Å². The van der Waals surface area contributed by atoms with Crippen molar-refractivity contribution in [2.45, 2.75) is 17.2 Å². The highest BCUT2D eigenvalue weighted by atomic mass is 32.2. The van der Waals surface area contributed by atoms with Crippen LogP contribution >= 0.6 is 0 Å². The second-order valence-corrected chi connectivity index (χ2v) is 8.63. The average Bonchev–Trinajstić information content (AvgIpc) is 3.18. The molecule has 12 heteroatoms. The summed E-state index contributed by atoms with van der Waals surface area (Å²) in [6.07, 6.45) is -8.15. The summed E-state index contributed by atoms with van der Waals surface area (Å²) in [5.74, 6) is -2.19. The third-order valence-corrected chi connectivity index (χ3v) is 5.75. The number of hydrogen-bond acceptors (Lipinski definition) is 4. The van der Waals surface area contributed by atoms with Crippen LogP contribution in [0.5, 0.6) is 0 Å². The van der Waals surface area contributed by atoms with Crippen LogP contribution in [0.15, 0.2) is 68.4 Å². The van der Waals surface area contributed by atoms with Gasteiger partial charge in [0.15, 0.2) is 0 Å². The van der Waals surface area contributed by atoms with Gasteiger partial charge in [-0.1, -0.05) is 17.3 Å². The van der Waals surface area contributed by atoms with Gasteiger partial charge < -0.3 is 4.52 Å². The van der Waals surface area contributed by atoms with Crippen molar-refractivity contribution in [3.63, 3.8) is 0 Å². The Hall–Kier alpha value is -3.15. The second kappa shape index (κ2) is 7.84. The SMILES string of the molecule is CS(=O)(=NC(=O)c1ccc(-c2cc(C(F)(F)F)on2)cc1)c1ccc(C(F)(F)F)cc1. The molecule has 2 aromatic carbocycles. The lowest BCUT2D eigenvalue weighted by Gasteiger charge is -2.08. The Morgan fingerprint density at radius 1 is 0.935 bits per heavy atom. The van der Waals surface area contributed by atoms with Crippen LogP contribution in [0.2, 0.25) is 0 Å². The minimum atomic E-state index is -4.69. The Morgan fingerprint density at radius 3 is 2.00 bits per heavy atom. The highest BCUT2D eigenvalue weighted by Crippen LogP contribution is 2.32. The third-order valence-electron chi connectivity index (χ3n) is 4.09. The molecule has 164 valence electrons. The van der Waals surface area contributed by atoms with Gasteiger partial charge in [0.05, 0.1) is 15.3 Å². The van der Waals surface area contributed by atoms with E-state index in [1.807, 2.05) is 0 Å². The first-order chi connectivity index (χ1) is 14.3. The van der Waals surface area contributed by atoms with Crippen LogP contribution < -0.4 is 0 Å². The minimum Gasteiger partial charge on any atom is -0.351 e. The molecule has 0 aliphatic carbocycles. The molecular formula is C19H12F6N2O3S. The van der Waals surface area contributed by atoms with Gasteiger partial charge >= 0.3 is 12.4 Å². The molecule has 1 unspecified atom stereocenters. The largest absolute Gasteiger partial charge is 0.452 e. The molecule has 1 heterocycles. The summed E-state index contributed by atoms with van der Waals surface area (Å²) in [6.45, 7) is 0. The van der Waals surface area contributed by atoms with E-state index in [-0.39, 0.29) is 21.7 Å². The molecule has 1 atom stereocenters. The molecule has 0 bridgehead atoms. The fourth-order valence-corrected chi connectivity index (χ4v) is 3.66. The topological polar surface area (TPSA) is 72.5 Å². The second-order valence-electron chi connectivity index (χ2n) is 6.37. The van der Waals surface area contributed by atoms with E-state index in [4.69, 9.17) is 0 Å². The molecule has 0 aliphatic heterocycles. The predicted molar refractivity (Wildman–Crippen MR) is 97.5 cm³/mol. The Bertz CT molecular complexity index is 1220. The summed E-state index contributed by atoms with van der Waals surface area (Å²) in [5.41, 5.74) is -0.831. The number of alkyl halides is 6. The van der Waals surface area contributed by atoms with E-state index < -0.39 is 39.3 Å². The molecule has 0 fully saturated rings. The first-order valence-electron chi connectivity index (χ1n) is 8.35. The van der Waals surface area contributed by atoms with Crippen molar-refractivity contribution in [2.24, 2.45) is 4.36 Å². The molecule has 3 rings (SSSR count). The summed E-state index contributed by atoms with van der Waals surface area (Å²) < 4.78 is 96.3. The van der Waals surface area contributed by atoms with Crippen molar-refractivity contribution in [1.29, 1.82) is 0 Å². The van der Waals surface area contributed by atoms with Gasteiger partial charge in [0.25, 0.3) is 5.91 Å². The maximum absolute atomic E-state index is 12.7. The fourth-order valence-electron chi connectivity index (χ4n) is 2.49. The van der Waals surface area contributed by atoms with Crippen LogP contribution in [-0.2, 0) is 22.1 Å². The number of hydrogen-bond donors (Lipinski definition) is 0. The fraction of sp³-hybridized carbons (Fsp3) is 0.158. The van der Waals surface area contributed by atoms with Crippen molar-refractivity contribution in [3.05, 3.63) is 71.5 Å². The zero-order valence-corrected chi connectivity index (χ0v) is 16.3. The van der Waals surface area contributed by atoms with Gasteiger partial charge in [-0.05, 0) is 36.4 Å². The summed E-state index contributed by atoms with van der Waals surface area (Å²) in [6, 6.07) is 9.22. The van der Waals surface area contributed by atoms with E-state index in [9.17, 15) is 35.3 Å². The van der Waals surface area contributed by atoms with E-state index in [1.54, 1.807) is 0 Å². The van der Waals surface area contributed by atoms with E-state index in [0.29, 0.717) is 6.07 Å². The summed E-state index contributed by atoms with van der Waals surface area (Å²) in [4.78, 5) is 12.3. The molecule has 1 amide bonds. The normalized spacial score (nSPS) is 14.2. The molecular weight excluding hydrogens is 450 g/mol. The zero-order chi connectivity index (χ0) is 23.0. The molecule has 0 radical (unpaired) electrons. The lowest BCUT2D eigenvalue weighted by molar-refractivity contribution is -0.155. The zero-order valence-electron chi connectivity index (χ0n) is 15.5. The smallest absolute Gasteiger partial charge is 0.351 e. The van der Waals surface area contributed by atoms with Crippen molar-refractivity contribution < 1.29 is 39.9 Å². The van der Waals surface area contributed by atoms with Gasteiger partial charge in [-0.15, -0.1) is 0 Å². The number of rotatable bonds is 3. The number of amides is 1. The van der Waals surface area contributed by atoms with Gasteiger partial charge in [-0.3, -0.25) is 4.79 Å². The molecule has 0 saturated heterocycles. The van der Waals surface area contributed by atoms with Crippen molar-refractivity contribution in [1.82, 2.24) is 5.16 Å². The van der Waals surface area contributed by atoms with E-state index in [2.05, 4.69) is 14.0 Å². The Labute approximate surface area is 171 Å². The molecule has 0 saturated carbocycles. The Balaban J connectivity index is 1.83. The maximum atomic E-state index is 12.7. The minimum absolute atomic E-state index is 0.0234. The molecule has 5 nitrogen and oxygen atoms in total. The molecule has 0 N–H and O–H groups in total. The highest BCUT2D eigenvalue weighted by Gasteiger charge is 2.36. The summed E-state index contributed by atoms with van der Waals surface area (Å²) >= 11 is 0. The van der Waals surface area contributed by atoms with Crippen molar-refractivity contribution >= 4 is 15.6 Å². The number of halogens is 6. The van der Waals surface area contributed by atoms with E-state index in [1.165, 1.54) is 24.3 Å². The first kappa shape index (κ1) is 22.5. The lowest BCUT2D eigenvalue weighted by Crippen LogP contribution is -2.07. The monoisotopic (exact) mass is 462 g/mol. The number of nitrogens with zero attached hydrogens (tertiary/aromatic N) is 2. The van der Waals surface area contributed by atoms with Crippen LogP contribution in [-0.4, -0.2) is 21.5 Å². The number of benzene rings is 2. The van der Waals surface area contributed by atoms with E-state index >= 15 is 0 Å². The third kappa shape index (κ3) is 5.13. The summed E-state index contributed by atoms with van der Waals surface area (Å²) in [5, 5.41) is 3.32. The number of carbonyl (C=O) groups excluding carboxylic acids is 1. The van der Waals surface area contributed by atoms with Gasteiger partial charge in [-0.2, -0.15) is 30.7 Å². The standard InChI is InChI=1S/C19H12F6N2O3S/c1-31(29,14-8-6-13(7-9-14)18(20,21)22)27-17(28)12-4-2-11(3-5-12)15-10-16(30-26-15)19(23,24)25/h2-10H,1H3. The van der Waals surface area contributed by atoms with Crippen molar-refractivity contribution in [2.75, 3.05) is 6.26 Å². The summed E-state index contributed by atoms with van der Waals surface area (Å²) in [7, 11) is -3.34. The van der Waals surface area contributed by atoms with E-state index in [0.717, 1.165) is 30.5 Å². The maximum Gasteiger partial charge on any atom is 0.452 e. The van der Waals surface area contributed by atoms with Crippen molar-refractivity contribution in [3.8, 4) is 11.3 Å². The number of aromatic nitrogens is 1. The molecule has 3 aromatic rings. The first-order valence-corrected chi connectivity index (χ1v) is 10.3. The molecule has 0 aliphatic rings. The predicted octanol–water partition coefficient (Wildman–Crippen LogP) is 5.68. The van der Waals surface area contributed by atoms with Crippen LogP contribution in [0.4, 0.5) is 26.3 Å². The average molecular weight is 462 g/mol. The van der Waals surface area contributed by atoms with Gasteiger partial charge in [0.1, 0.15) is 5.69 Å². The Kier molecular flexibility index (Phi) is 5.70. The van der Waals surface area contributed by atoms with Gasteiger partial charge in [0, 0.05) is 28.3 Å². The Morgan fingerprint density at radius 2 is 1.52 bits per heavy atom. The van der Waals surface area contributed by atoms with Gasteiger partial charge in [-0.25, -0.2) is 4.21 Å². The molecule has 1 aromatic heterocycles. The van der Waals surface area contributed by atoms with Crippen LogP contribution in [0.1, 0.15) is 21.7 Å². The molecule has 0 spiro atoms.